The van der Waals surface area contributed by atoms with Gasteiger partial charge >= 0.3 is 0 Å². The van der Waals surface area contributed by atoms with Crippen LogP contribution in [0.3, 0.4) is 0 Å². The number of nitrogens with zero attached hydrogens (tertiary/aromatic N) is 2. The highest BCUT2D eigenvalue weighted by atomic mass is 15.2. The third-order valence-electron chi connectivity index (χ3n) is 14.0. The lowest BCUT2D eigenvalue weighted by Crippen LogP contribution is -2.38. The molecule has 0 fully saturated rings. The van der Waals surface area contributed by atoms with Crippen molar-refractivity contribution in [2.24, 2.45) is 0 Å². The van der Waals surface area contributed by atoms with E-state index in [9.17, 15) is 0 Å². The van der Waals surface area contributed by atoms with Crippen molar-refractivity contribution in [1.82, 2.24) is 0 Å². The fraction of sp³-hybridized carbons (Fsp3) is 0.308. The number of hydrogen-bond donors (Lipinski definition) is 0. The standard InChI is InChI=1S/C52H52N2/c1-29-13-17-43-35(21-29)49(5,6)39-25-33(26-40-47(39)53(43)44-18-14-30(2)22-36(44)50(40,7)8)34-27-41-48-42(28-34)52(11,12)38-24-32(4)16-20-46(38)54(48)45-19-15-31(3)23-37(45)51(41,9)10/h13-28H,1-12H3. The monoisotopic (exact) mass is 704 g/mol. The Balaban J connectivity index is 1.30. The first-order valence-corrected chi connectivity index (χ1v) is 19.9. The van der Waals surface area contributed by atoms with Gasteiger partial charge in [-0.25, -0.2) is 0 Å². The summed E-state index contributed by atoms with van der Waals surface area (Å²) in [4.78, 5) is 5.18. The zero-order chi connectivity index (χ0) is 38.0. The Labute approximate surface area is 322 Å². The van der Waals surface area contributed by atoms with Crippen LogP contribution < -0.4 is 9.80 Å². The maximum Gasteiger partial charge on any atom is 0.0544 e. The third kappa shape index (κ3) is 4.12. The van der Waals surface area contributed by atoms with Crippen LogP contribution in [0, 0.1) is 27.7 Å². The summed E-state index contributed by atoms with van der Waals surface area (Å²) in [5.41, 5.74) is 26.2. The van der Waals surface area contributed by atoms with Gasteiger partial charge in [-0.05, 0) is 132 Å². The van der Waals surface area contributed by atoms with E-state index in [4.69, 9.17) is 0 Å². The Hall–Kier alpha value is -5.08. The molecule has 0 saturated heterocycles. The molecule has 4 heterocycles. The van der Waals surface area contributed by atoms with Gasteiger partial charge in [0.15, 0.2) is 0 Å². The van der Waals surface area contributed by atoms with Crippen LogP contribution in [0.4, 0.5) is 34.1 Å². The minimum Gasteiger partial charge on any atom is -0.309 e. The highest BCUT2D eigenvalue weighted by Crippen LogP contribution is 2.63. The van der Waals surface area contributed by atoms with Gasteiger partial charge in [0.2, 0.25) is 0 Å². The summed E-state index contributed by atoms with van der Waals surface area (Å²) >= 11 is 0. The second-order valence-electron chi connectivity index (χ2n) is 19.1. The van der Waals surface area contributed by atoms with Gasteiger partial charge in [0, 0.05) is 21.7 Å². The highest BCUT2D eigenvalue weighted by Gasteiger charge is 2.48. The Kier molecular flexibility index (Phi) is 6.42. The summed E-state index contributed by atoms with van der Waals surface area (Å²) in [5, 5.41) is 0. The number of anilines is 6. The predicted molar refractivity (Wildman–Crippen MR) is 229 cm³/mol. The van der Waals surface area contributed by atoms with Crippen molar-refractivity contribution in [3.63, 3.8) is 0 Å². The van der Waals surface area contributed by atoms with Gasteiger partial charge in [-0.15, -0.1) is 0 Å². The fourth-order valence-corrected chi connectivity index (χ4v) is 10.7. The molecule has 4 aliphatic heterocycles. The first kappa shape index (κ1) is 33.5. The van der Waals surface area contributed by atoms with Crippen LogP contribution in [-0.2, 0) is 21.7 Å². The molecule has 0 N–H and O–H groups in total. The van der Waals surface area contributed by atoms with E-state index in [-0.39, 0.29) is 21.7 Å². The molecule has 0 atom stereocenters. The van der Waals surface area contributed by atoms with Crippen molar-refractivity contribution in [1.29, 1.82) is 0 Å². The Morgan fingerprint density at radius 1 is 0.296 bits per heavy atom. The third-order valence-corrected chi connectivity index (χ3v) is 14.0. The molecule has 0 unspecified atom stereocenters. The van der Waals surface area contributed by atoms with Gasteiger partial charge in [0.1, 0.15) is 0 Å². The smallest absolute Gasteiger partial charge is 0.0544 e. The lowest BCUT2D eigenvalue weighted by molar-refractivity contribution is 0.595. The van der Waals surface area contributed by atoms with Crippen LogP contribution in [0.15, 0.2) is 97.1 Å². The summed E-state index contributed by atoms with van der Waals surface area (Å²) in [6.07, 6.45) is 0. The number of fused-ring (bicyclic) bond motifs is 8. The molecule has 270 valence electrons. The normalized spacial score (nSPS) is 18.1. The Morgan fingerprint density at radius 2 is 0.519 bits per heavy atom. The van der Waals surface area contributed by atoms with E-state index < -0.39 is 0 Å². The van der Waals surface area contributed by atoms with Crippen molar-refractivity contribution in [2.75, 3.05) is 9.80 Å². The minimum atomic E-state index is -0.193. The van der Waals surface area contributed by atoms with Gasteiger partial charge < -0.3 is 9.80 Å². The zero-order valence-electron chi connectivity index (χ0n) is 34.1. The van der Waals surface area contributed by atoms with E-state index in [1.165, 1.54) is 112 Å². The van der Waals surface area contributed by atoms with Crippen molar-refractivity contribution in [2.45, 2.75) is 105 Å². The van der Waals surface area contributed by atoms with Crippen molar-refractivity contribution in [3.05, 3.63) is 164 Å². The number of hydrogen-bond acceptors (Lipinski definition) is 2. The van der Waals surface area contributed by atoms with Gasteiger partial charge in [0.25, 0.3) is 0 Å². The van der Waals surface area contributed by atoms with Crippen molar-refractivity contribution >= 4 is 34.1 Å². The second-order valence-corrected chi connectivity index (χ2v) is 19.1. The van der Waals surface area contributed by atoms with E-state index >= 15 is 0 Å². The molecule has 0 aromatic heterocycles. The minimum absolute atomic E-state index is 0.193. The molecule has 6 aromatic carbocycles. The number of rotatable bonds is 1. The van der Waals surface area contributed by atoms with Crippen molar-refractivity contribution in [3.8, 4) is 11.1 Å². The van der Waals surface area contributed by atoms with Gasteiger partial charge in [-0.1, -0.05) is 126 Å². The molecule has 0 amide bonds. The SMILES string of the molecule is Cc1ccc2c(c1)C(C)(C)c1cc(-c3cc4c5c(c3)C(C)(C)c3cc(C)ccc3N5c3ccc(C)cc3C4(C)C)cc3c1N2c1ccc(C)cc1C3(C)C. The molecule has 0 saturated carbocycles. The summed E-state index contributed by atoms with van der Waals surface area (Å²) < 4.78 is 0. The molecule has 4 aliphatic rings. The largest absolute Gasteiger partial charge is 0.309 e. The van der Waals surface area contributed by atoms with Crippen LogP contribution in [0.5, 0.6) is 0 Å². The average molecular weight is 705 g/mol. The lowest BCUT2D eigenvalue weighted by atomic mass is 9.64. The Bertz CT molecular complexity index is 2310. The van der Waals surface area contributed by atoms with E-state index in [2.05, 4.69) is 190 Å². The Morgan fingerprint density at radius 3 is 0.741 bits per heavy atom. The molecule has 2 heteroatoms. The molecular formula is C52H52N2. The molecule has 0 bridgehead atoms. The van der Waals surface area contributed by atoms with E-state index in [0.29, 0.717) is 0 Å². The van der Waals surface area contributed by atoms with Crippen LogP contribution in [0.2, 0.25) is 0 Å². The van der Waals surface area contributed by atoms with Gasteiger partial charge in [-0.2, -0.15) is 0 Å². The highest BCUT2D eigenvalue weighted by molar-refractivity contribution is 5.97. The van der Waals surface area contributed by atoms with E-state index in [0.717, 1.165) is 0 Å². The maximum atomic E-state index is 2.59. The first-order valence-electron chi connectivity index (χ1n) is 19.9. The molecule has 2 nitrogen and oxygen atoms in total. The predicted octanol–water partition coefficient (Wildman–Crippen LogP) is 14.1. The molecular weight excluding hydrogens is 653 g/mol. The first-order chi connectivity index (χ1) is 25.4. The van der Waals surface area contributed by atoms with E-state index in [1.807, 2.05) is 0 Å². The fourth-order valence-electron chi connectivity index (χ4n) is 10.7. The maximum absolute atomic E-state index is 2.59. The van der Waals surface area contributed by atoms with Crippen molar-refractivity contribution < 1.29 is 0 Å². The number of aryl methyl sites for hydroxylation is 4. The molecule has 0 radical (unpaired) electrons. The number of benzene rings is 6. The van der Waals surface area contributed by atoms with Crippen LogP contribution in [0.1, 0.15) is 122 Å². The molecule has 6 aromatic rings. The van der Waals surface area contributed by atoms with Crippen LogP contribution in [0.25, 0.3) is 11.1 Å². The molecule has 0 spiro atoms. The molecule has 10 rings (SSSR count). The molecule has 54 heavy (non-hydrogen) atoms. The lowest BCUT2D eigenvalue weighted by Gasteiger charge is -2.50. The van der Waals surface area contributed by atoms with Gasteiger partial charge in [-0.3, -0.25) is 0 Å². The second kappa shape index (κ2) is 10.4. The zero-order valence-corrected chi connectivity index (χ0v) is 34.1. The van der Waals surface area contributed by atoms with E-state index in [1.54, 1.807) is 0 Å². The van der Waals surface area contributed by atoms with Crippen LogP contribution >= 0.6 is 0 Å². The summed E-state index contributed by atoms with van der Waals surface area (Å²) in [5.74, 6) is 0. The average Bonchev–Trinajstić information content (AvgIpc) is 3.12. The summed E-state index contributed by atoms with van der Waals surface area (Å²) in [6.45, 7) is 28.5. The summed E-state index contributed by atoms with van der Waals surface area (Å²) in [7, 11) is 0. The van der Waals surface area contributed by atoms with Crippen LogP contribution in [-0.4, -0.2) is 0 Å². The topological polar surface area (TPSA) is 6.48 Å². The summed E-state index contributed by atoms with van der Waals surface area (Å²) in [6, 6.07) is 38.5. The molecule has 0 aliphatic carbocycles. The quantitative estimate of drug-likeness (QED) is 0.168. The van der Waals surface area contributed by atoms with Gasteiger partial charge in [0.05, 0.1) is 34.1 Å².